The zero-order valence-corrected chi connectivity index (χ0v) is 19.5. The topological polar surface area (TPSA) is 53.0 Å². The van der Waals surface area contributed by atoms with Crippen LogP contribution in [0, 0.1) is 23.2 Å². The number of rotatable bonds is 5. The molecule has 4 aliphatic rings. The van der Waals surface area contributed by atoms with Gasteiger partial charge in [-0.05, 0) is 99.5 Å². The monoisotopic (exact) mass is 414 g/mol. The van der Waals surface area contributed by atoms with Crippen molar-refractivity contribution in [3.63, 3.8) is 0 Å². The fourth-order valence-corrected chi connectivity index (χ4v) is 7.03. The molecule has 2 N–H and O–H groups in total. The van der Waals surface area contributed by atoms with E-state index >= 15 is 0 Å². The zero-order chi connectivity index (χ0) is 21.7. The van der Waals surface area contributed by atoms with Gasteiger partial charge in [0.1, 0.15) is 0 Å². The Morgan fingerprint density at radius 2 is 1.93 bits per heavy atom. The summed E-state index contributed by atoms with van der Waals surface area (Å²) in [6.07, 6.45) is 13.8. The first kappa shape index (κ1) is 22.3. The first-order valence-corrected chi connectivity index (χ1v) is 12.2. The number of allylic oxidation sites excluding steroid dienone is 3. The minimum Gasteiger partial charge on any atom is -0.393 e. The highest BCUT2D eigenvalue weighted by atomic mass is 16.6. The molecule has 4 fully saturated rings. The van der Waals surface area contributed by atoms with E-state index in [9.17, 15) is 10.2 Å². The first-order chi connectivity index (χ1) is 14.1. The molecule has 168 valence electrons. The molecular weight excluding hydrogens is 372 g/mol. The van der Waals surface area contributed by atoms with Crippen LogP contribution in [-0.4, -0.2) is 34.1 Å². The molecule has 0 bridgehead atoms. The fraction of sp³-hybridized carbons (Fsp3) is 0.778. The Bertz CT molecular complexity index is 732. The van der Waals surface area contributed by atoms with Crippen LogP contribution in [0.25, 0.3) is 0 Å². The van der Waals surface area contributed by atoms with Crippen LogP contribution in [0.15, 0.2) is 35.5 Å². The van der Waals surface area contributed by atoms with Crippen molar-refractivity contribution in [3.05, 3.63) is 35.5 Å². The van der Waals surface area contributed by atoms with Crippen molar-refractivity contribution in [1.82, 2.24) is 0 Å². The van der Waals surface area contributed by atoms with E-state index in [4.69, 9.17) is 4.74 Å². The molecule has 0 spiro atoms. The Balaban J connectivity index is 1.45. The minimum absolute atomic E-state index is 0.111. The van der Waals surface area contributed by atoms with Gasteiger partial charge in [0.25, 0.3) is 0 Å². The number of hydrogen-bond acceptors (Lipinski definition) is 3. The summed E-state index contributed by atoms with van der Waals surface area (Å²) >= 11 is 0. The summed E-state index contributed by atoms with van der Waals surface area (Å²) in [6, 6.07) is 0. The molecule has 7 atom stereocenters. The van der Waals surface area contributed by atoms with Gasteiger partial charge in [-0.3, -0.25) is 0 Å². The van der Waals surface area contributed by atoms with E-state index < -0.39 is 12.2 Å². The van der Waals surface area contributed by atoms with Gasteiger partial charge < -0.3 is 14.9 Å². The summed E-state index contributed by atoms with van der Waals surface area (Å²) in [5.74, 6) is 2.23. The minimum atomic E-state index is -0.604. The Hall–Kier alpha value is -0.900. The number of aliphatic hydroxyl groups is 2. The standard InChI is InChI=1S/C27H42O3/c1-17(8-13-25-26(3,4)30-25)22-11-12-23-19(7-6-14-27(22,23)5)9-10-20-15-21(28)16-24(29)18(20)2/h9-10,17,21-25,28-29H,2,6-8,11-16H2,1,3-5H3/b19-9+,20-10-/t17-,21+,22-,23+,24+,25?,27-/m1/s1. The van der Waals surface area contributed by atoms with Crippen LogP contribution in [-0.2, 0) is 4.74 Å². The van der Waals surface area contributed by atoms with Gasteiger partial charge in [-0.15, -0.1) is 0 Å². The molecule has 4 rings (SSSR count). The van der Waals surface area contributed by atoms with E-state index in [0.717, 1.165) is 23.0 Å². The highest BCUT2D eigenvalue weighted by Gasteiger charge is 2.52. The van der Waals surface area contributed by atoms with Crippen molar-refractivity contribution in [2.24, 2.45) is 23.2 Å². The van der Waals surface area contributed by atoms with Crippen LogP contribution >= 0.6 is 0 Å². The molecule has 1 heterocycles. The average molecular weight is 415 g/mol. The number of fused-ring (bicyclic) bond motifs is 1. The highest BCUT2D eigenvalue weighted by Crippen LogP contribution is 2.60. The van der Waals surface area contributed by atoms with E-state index in [1.807, 2.05) is 0 Å². The fourth-order valence-electron chi connectivity index (χ4n) is 7.03. The summed E-state index contributed by atoms with van der Waals surface area (Å²) in [6.45, 7) is 13.5. The second kappa shape index (κ2) is 8.22. The molecule has 3 aliphatic carbocycles. The second-order valence-corrected chi connectivity index (χ2v) is 11.4. The summed E-state index contributed by atoms with van der Waals surface area (Å²) in [7, 11) is 0. The van der Waals surface area contributed by atoms with Gasteiger partial charge in [-0.25, -0.2) is 0 Å². The van der Waals surface area contributed by atoms with Crippen LogP contribution < -0.4 is 0 Å². The molecule has 0 amide bonds. The van der Waals surface area contributed by atoms with Crippen molar-refractivity contribution >= 4 is 0 Å². The van der Waals surface area contributed by atoms with Crippen LogP contribution in [0.3, 0.4) is 0 Å². The number of epoxide rings is 1. The van der Waals surface area contributed by atoms with Gasteiger partial charge >= 0.3 is 0 Å². The summed E-state index contributed by atoms with van der Waals surface area (Å²) in [4.78, 5) is 0. The lowest BCUT2D eigenvalue weighted by atomic mass is 9.60. The first-order valence-electron chi connectivity index (χ1n) is 12.2. The third-order valence-electron chi connectivity index (χ3n) is 9.04. The number of ether oxygens (including phenoxy) is 1. The molecule has 0 aromatic heterocycles. The lowest BCUT2D eigenvalue weighted by Crippen LogP contribution is -2.36. The maximum atomic E-state index is 10.1. The number of hydrogen-bond donors (Lipinski definition) is 2. The Labute approximate surface area is 183 Å². The summed E-state index contributed by atoms with van der Waals surface area (Å²) in [5.41, 5.74) is 3.92. The Kier molecular flexibility index (Phi) is 6.11. The Morgan fingerprint density at radius 3 is 2.63 bits per heavy atom. The molecule has 1 saturated heterocycles. The van der Waals surface area contributed by atoms with E-state index in [2.05, 4.69) is 46.4 Å². The van der Waals surface area contributed by atoms with E-state index in [1.54, 1.807) is 5.57 Å². The van der Waals surface area contributed by atoms with Crippen LogP contribution in [0.1, 0.15) is 85.5 Å². The largest absolute Gasteiger partial charge is 0.393 e. The van der Waals surface area contributed by atoms with E-state index in [-0.39, 0.29) is 5.60 Å². The zero-order valence-electron chi connectivity index (χ0n) is 19.5. The number of aliphatic hydroxyl groups excluding tert-OH is 2. The molecule has 3 heteroatoms. The normalized spacial score (nSPS) is 44.3. The SMILES string of the molecule is C=C1/C(=C\C=C2/CCC[C@]3(C)[C@@H]([C@H](C)CCC4OC4(C)C)CC[C@@H]23)C[C@H](O)C[C@@H]1O. The van der Waals surface area contributed by atoms with Gasteiger partial charge in [-0.2, -0.15) is 0 Å². The maximum Gasteiger partial charge on any atom is 0.0892 e. The predicted octanol–water partition coefficient (Wildman–Crippen LogP) is 5.72. The third kappa shape index (κ3) is 4.23. The molecule has 1 aliphatic heterocycles. The smallest absolute Gasteiger partial charge is 0.0892 e. The third-order valence-corrected chi connectivity index (χ3v) is 9.04. The molecular formula is C27H42O3. The molecule has 0 radical (unpaired) electrons. The maximum absolute atomic E-state index is 10.1. The average Bonchev–Trinajstić information content (AvgIpc) is 3.12. The van der Waals surface area contributed by atoms with Crippen molar-refractivity contribution in [2.75, 3.05) is 0 Å². The van der Waals surface area contributed by atoms with Crippen LogP contribution in [0.4, 0.5) is 0 Å². The quantitative estimate of drug-likeness (QED) is 0.566. The van der Waals surface area contributed by atoms with E-state index in [0.29, 0.717) is 30.3 Å². The summed E-state index contributed by atoms with van der Waals surface area (Å²) in [5, 5.41) is 20.2. The molecule has 3 nitrogen and oxygen atoms in total. The van der Waals surface area contributed by atoms with E-state index in [1.165, 1.54) is 44.9 Å². The molecule has 1 unspecified atom stereocenters. The van der Waals surface area contributed by atoms with Gasteiger partial charge in [0, 0.05) is 6.42 Å². The molecule has 30 heavy (non-hydrogen) atoms. The van der Waals surface area contributed by atoms with Crippen LogP contribution in [0.2, 0.25) is 0 Å². The predicted molar refractivity (Wildman–Crippen MR) is 122 cm³/mol. The lowest BCUT2D eigenvalue weighted by Gasteiger charge is -2.44. The molecule has 0 aromatic carbocycles. The van der Waals surface area contributed by atoms with Crippen molar-refractivity contribution in [3.8, 4) is 0 Å². The van der Waals surface area contributed by atoms with Crippen molar-refractivity contribution < 1.29 is 14.9 Å². The van der Waals surface area contributed by atoms with Gasteiger partial charge in [0.15, 0.2) is 0 Å². The Morgan fingerprint density at radius 1 is 1.20 bits per heavy atom. The second-order valence-electron chi connectivity index (χ2n) is 11.4. The molecule has 3 saturated carbocycles. The van der Waals surface area contributed by atoms with Crippen molar-refractivity contribution in [1.29, 1.82) is 0 Å². The van der Waals surface area contributed by atoms with Crippen LogP contribution in [0.5, 0.6) is 0 Å². The van der Waals surface area contributed by atoms with Gasteiger partial charge in [0.05, 0.1) is 23.9 Å². The summed E-state index contributed by atoms with van der Waals surface area (Å²) < 4.78 is 5.82. The highest BCUT2D eigenvalue weighted by molar-refractivity contribution is 5.38. The molecule has 0 aromatic rings. The van der Waals surface area contributed by atoms with Gasteiger partial charge in [0.2, 0.25) is 0 Å². The van der Waals surface area contributed by atoms with Gasteiger partial charge in [-0.1, -0.05) is 38.2 Å². The van der Waals surface area contributed by atoms with Crippen molar-refractivity contribution in [2.45, 2.75) is 109 Å². The lowest BCUT2D eigenvalue weighted by molar-refractivity contribution is 0.0861.